The summed E-state index contributed by atoms with van der Waals surface area (Å²) in [7, 11) is 0. The van der Waals surface area contributed by atoms with E-state index in [-0.39, 0.29) is 11.1 Å². The highest BCUT2D eigenvalue weighted by atomic mass is 16.4. The minimum atomic E-state index is -1.17. The second-order valence-electron chi connectivity index (χ2n) is 8.97. The number of carboxylic acids is 2. The molecule has 0 unspecified atom stereocenters. The van der Waals surface area contributed by atoms with Crippen LogP contribution in [0.3, 0.4) is 0 Å². The Labute approximate surface area is 183 Å². The van der Waals surface area contributed by atoms with E-state index in [1.54, 1.807) is 0 Å². The SMILES string of the molecule is CCCCCCCCCCCCCCc1c(CC(C)C)ccc(C(=O)O)c1C(=O)O. The Morgan fingerprint density at radius 1 is 0.767 bits per heavy atom. The Balaban J connectivity index is 2.50. The number of hydrogen-bond acceptors (Lipinski definition) is 2. The first-order valence-electron chi connectivity index (χ1n) is 12.0. The molecule has 170 valence electrons. The van der Waals surface area contributed by atoms with E-state index in [1.165, 1.54) is 63.9 Å². The first-order chi connectivity index (χ1) is 14.4. The number of hydrogen-bond donors (Lipinski definition) is 2. The molecule has 1 rings (SSSR count). The third-order valence-electron chi connectivity index (χ3n) is 5.76. The summed E-state index contributed by atoms with van der Waals surface area (Å²) in [6.07, 6.45) is 16.5. The number of carboxylic acid groups (broad SMARTS) is 2. The zero-order valence-corrected chi connectivity index (χ0v) is 19.3. The van der Waals surface area contributed by atoms with Gasteiger partial charge in [-0.3, -0.25) is 0 Å². The van der Waals surface area contributed by atoms with Crippen molar-refractivity contribution in [2.24, 2.45) is 5.92 Å². The molecule has 0 saturated heterocycles. The van der Waals surface area contributed by atoms with Gasteiger partial charge in [0.15, 0.2) is 0 Å². The molecule has 1 aromatic carbocycles. The number of unbranched alkanes of at least 4 members (excludes halogenated alkanes) is 11. The lowest BCUT2D eigenvalue weighted by Gasteiger charge is -2.16. The second-order valence-corrected chi connectivity index (χ2v) is 8.97. The van der Waals surface area contributed by atoms with Gasteiger partial charge in [-0.15, -0.1) is 0 Å². The van der Waals surface area contributed by atoms with Crippen molar-refractivity contribution in [3.05, 3.63) is 34.4 Å². The summed E-state index contributed by atoms with van der Waals surface area (Å²) in [5.41, 5.74) is 1.60. The molecule has 0 radical (unpaired) electrons. The van der Waals surface area contributed by atoms with Gasteiger partial charge in [-0.05, 0) is 42.4 Å². The van der Waals surface area contributed by atoms with E-state index >= 15 is 0 Å². The van der Waals surface area contributed by atoms with Crippen LogP contribution in [0.2, 0.25) is 0 Å². The van der Waals surface area contributed by atoms with Crippen LogP contribution in [0.15, 0.2) is 12.1 Å². The number of rotatable bonds is 17. The lowest BCUT2D eigenvalue weighted by Crippen LogP contribution is -2.14. The summed E-state index contributed by atoms with van der Waals surface area (Å²) in [6, 6.07) is 3.26. The van der Waals surface area contributed by atoms with Gasteiger partial charge in [0.05, 0.1) is 11.1 Å². The minimum absolute atomic E-state index is 0.0104. The molecule has 0 aliphatic rings. The Kier molecular flexibility index (Phi) is 13.1. The highest BCUT2D eigenvalue weighted by molar-refractivity contribution is 6.03. The molecule has 4 heteroatoms. The molecule has 0 amide bonds. The summed E-state index contributed by atoms with van der Waals surface area (Å²) in [5, 5.41) is 19.1. The smallest absolute Gasteiger partial charge is 0.336 e. The van der Waals surface area contributed by atoms with Gasteiger partial charge in [0.1, 0.15) is 0 Å². The lowest BCUT2D eigenvalue weighted by atomic mass is 9.88. The monoisotopic (exact) mass is 418 g/mol. The number of aromatic carboxylic acids is 2. The van der Waals surface area contributed by atoms with Crippen molar-refractivity contribution in [1.29, 1.82) is 0 Å². The quantitative estimate of drug-likeness (QED) is 0.256. The highest BCUT2D eigenvalue weighted by Crippen LogP contribution is 2.25. The van der Waals surface area contributed by atoms with Crippen LogP contribution in [-0.2, 0) is 12.8 Å². The van der Waals surface area contributed by atoms with Gasteiger partial charge in [0.25, 0.3) is 0 Å². The fourth-order valence-electron chi connectivity index (χ4n) is 4.17. The first-order valence-corrected chi connectivity index (χ1v) is 12.0. The molecule has 1 aromatic rings. The summed E-state index contributed by atoms with van der Waals surface area (Å²) in [5.74, 6) is -1.91. The predicted octanol–water partition coefficient (Wildman–Crippen LogP) is 7.53. The fourth-order valence-corrected chi connectivity index (χ4v) is 4.17. The van der Waals surface area contributed by atoms with Crippen LogP contribution in [0.4, 0.5) is 0 Å². The van der Waals surface area contributed by atoms with Gasteiger partial charge >= 0.3 is 11.9 Å². The first kappa shape index (κ1) is 26.2. The van der Waals surface area contributed by atoms with Crippen molar-refractivity contribution in [2.45, 2.75) is 111 Å². The van der Waals surface area contributed by atoms with E-state index in [9.17, 15) is 19.8 Å². The Hall–Kier alpha value is -1.84. The molecule has 0 spiro atoms. The van der Waals surface area contributed by atoms with Crippen LogP contribution in [0.5, 0.6) is 0 Å². The standard InChI is InChI=1S/C26H42O4/c1-4-5-6-7-8-9-10-11-12-13-14-15-16-22-21(19-20(2)3)17-18-23(25(27)28)24(22)26(29)30/h17-18,20H,4-16,19H2,1-3H3,(H,27,28)(H,29,30). The third-order valence-corrected chi connectivity index (χ3v) is 5.76. The molecular formula is C26H42O4. The second kappa shape index (κ2) is 15.0. The molecule has 2 N–H and O–H groups in total. The molecule has 0 bridgehead atoms. The molecule has 0 aliphatic carbocycles. The number of carbonyl (C=O) groups is 2. The number of benzene rings is 1. The van der Waals surface area contributed by atoms with E-state index < -0.39 is 11.9 Å². The van der Waals surface area contributed by atoms with E-state index in [4.69, 9.17) is 0 Å². The van der Waals surface area contributed by atoms with Crippen LogP contribution in [0.1, 0.15) is 130 Å². The molecule has 0 aromatic heterocycles. The molecular weight excluding hydrogens is 376 g/mol. The maximum atomic E-state index is 11.8. The van der Waals surface area contributed by atoms with Gasteiger partial charge in [-0.1, -0.05) is 97.5 Å². The van der Waals surface area contributed by atoms with Crippen LogP contribution < -0.4 is 0 Å². The van der Waals surface area contributed by atoms with Crippen LogP contribution in [0, 0.1) is 5.92 Å². The fraction of sp³-hybridized carbons (Fsp3) is 0.692. The van der Waals surface area contributed by atoms with Gasteiger partial charge in [-0.25, -0.2) is 9.59 Å². The molecule has 0 saturated carbocycles. The maximum absolute atomic E-state index is 11.8. The van der Waals surface area contributed by atoms with Gasteiger partial charge in [-0.2, -0.15) is 0 Å². The molecule has 0 atom stereocenters. The molecule has 4 nitrogen and oxygen atoms in total. The van der Waals surface area contributed by atoms with E-state index in [0.29, 0.717) is 12.3 Å². The van der Waals surface area contributed by atoms with Crippen molar-refractivity contribution >= 4 is 11.9 Å². The zero-order chi connectivity index (χ0) is 22.4. The van der Waals surface area contributed by atoms with Crippen molar-refractivity contribution in [3.63, 3.8) is 0 Å². The maximum Gasteiger partial charge on any atom is 0.336 e. The topological polar surface area (TPSA) is 74.6 Å². The van der Waals surface area contributed by atoms with Gasteiger partial charge in [0, 0.05) is 0 Å². The van der Waals surface area contributed by atoms with Crippen molar-refractivity contribution < 1.29 is 19.8 Å². The van der Waals surface area contributed by atoms with Crippen LogP contribution >= 0.6 is 0 Å². The summed E-state index contributed by atoms with van der Waals surface area (Å²) in [6.45, 7) is 6.44. The van der Waals surface area contributed by atoms with E-state index in [2.05, 4.69) is 20.8 Å². The van der Waals surface area contributed by atoms with E-state index in [0.717, 1.165) is 36.8 Å². The molecule has 0 heterocycles. The minimum Gasteiger partial charge on any atom is -0.478 e. The predicted molar refractivity (Wildman–Crippen MR) is 124 cm³/mol. The average Bonchev–Trinajstić information content (AvgIpc) is 2.68. The zero-order valence-electron chi connectivity index (χ0n) is 19.3. The van der Waals surface area contributed by atoms with Crippen molar-refractivity contribution in [1.82, 2.24) is 0 Å². The average molecular weight is 419 g/mol. The van der Waals surface area contributed by atoms with Crippen molar-refractivity contribution in [2.75, 3.05) is 0 Å². The van der Waals surface area contributed by atoms with Gasteiger partial charge in [0.2, 0.25) is 0 Å². The summed E-state index contributed by atoms with van der Waals surface area (Å²) >= 11 is 0. The van der Waals surface area contributed by atoms with E-state index in [1.807, 2.05) is 6.07 Å². The normalized spacial score (nSPS) is 11.2. The molecule has 30 heavy (non-hydrogen) atoms. The Bertz CT molecular complexity index is 649. The van der Waals surface area contributed by atoms with Crippen LogP contribution in [0.25, 0.3) is 0 Å². The highest BCUT2D eigenvalue weighted by Gasteiger charge is 2.22. The Morgan fingerprint density at radius 3 is 1.70 bits per heavy atom. The largest absolute Gasteiger partial charge is 0.478 e. The van der Waals surface area contributed by atoms with Crippen LogP contribution in [-0.4, -0.2) is 22.2 Å². The molecule has 0 fully saturated rings. The summed E-state index contributed by atoms with van der Waals surface area (Å²) in [4.78, 5) is 23.4. The third kappa shape index (κ3) is 9.77. The van der Waals surface area contributed by atoms with Gasteiger partial charge < -0.3 is 10.2 Å². The summed E-state index contributed by atoms with van der Waals surface area (Å²) < 4.78 is 0. The molecule has 0 aliphatic heterocycles. The van der Waals surface area contributed by atoms with Crippen molar-refractivity contribution in [3.8, 4) is 0 Å². The Morgan fingerprint density at radius 2 is 1.27 bits per heavy atom. The lowest BCUT2D eigenvalue weighted by molar-refractivity contribution is 0.0650.